The summed E-state index contributed by atoms with van der Waals surface area (Å²) in [6.07, 6.45) is 5.36. The maximum atomic E-state index is 12.8. The smallest absolute Gasteiger partial charge is 0.253 e. The fraction of sp³-hybridized carbons (Fsp3) is 0.409. The zero-order valence-electron chi connectivity index (χ0n) is 16.5. The molecule has 0 aliphatic carbocycles. The Morgan fingerprint density at radius 3 is 2.43 bits per heavy atom. The first kappa shape index (κ1) is 20.4. The minimum absolute atomic E-state index is 0.0332. The standard InChI is InChI=1S/C22H28N2O3S/c1-17-6-8-18(9-7-17)10-11-19-12-14-24(15-13-19)22(25)20-4-3-5-21(16-20)23-28(2,26)27/h3-9,16,19,23H,10-15H2,1-2H3. The van der Waals surface area contributed by atoms with Crippen LogP contribution in [0.5, 0.6) is 0 Å². The fourth-order valence-corrected chi connectivity index (χ4v) is 4.22. The number of anilines is 1. The van der Waals surface area contributed by atoms with Gasteiger partial charge in [-0.1, -0.05) is 35.9 Å². The Morgan fingerprint density at radius 1 is 1.11 bits per heavy atom. The van der Waals surface area contributed by atoms with Crippen molar-refractivity contribution in [1.29, 1.82) is 0 Å². The average Bonchev–Trinajstić information content (AvgIpc) is 2.66. The van der Waals surface area contributed by atoms with Crippen LogP contribution in [0.25, 0.3) is 0 Å². The van der Waals surface area contributed by atoms with E-state index in [2.05, 4.69) is 35.9 Å². The molecule has 1 N–H and O–H groups in total. The second kappa shape index (κ2) is 8.78. The van der Waals surface area contributed by atoms with Crippen molar-refractivity contribution in [3.05, 3.63) is 65.2 Å². The first-order valence-corrected chi connectivity index (χ1v) is 11.6. The number of benzene rings is 2. The zero-order valence-corrected chi connectivity index (χ0v) is 17.3. The predicted octanol–water partition coefficient (Wildman–Crippen LogP) is 3.85. The lowest BCUT2D eigenvalue weighted by molar-refractivity contribution is 0.0687. The zero-order chi connectivity index (χ0) is 20.1. The first-order valence-electron chi connectivity index (χ1n) is 9.73. The summed E-state index contributed by atoms with van der Waals surface area (Å²) in [6, 6.07) is 15.4. The van der Waals surface area contributed by atoms with Gasteiger partial charge >= 0.3 is 0 Å². The molecule has 0 unspecified atom stereocenters. The van der Waals surface area contributed by atoms with Gasteiger partial charge in [0.2, 0.25) is 10.0 Å². The summed E-state index contributed by atoms with van der Waals surface area (Å²) < 4.78 is 25.2. The molecule has 0 radical (unpaired) electrons. The van der Waals surface area contributed by atoms with Crippen molar-refractivity contribution < 1.29 is 13.2 Å². The van der Waals surface area contributed by atoms with Crippen LogP contribution in [0.1, 0.15) is 40.7 Å². The van der Waals surface area contributed by atoms with Crippen LogP contribution in [0.3, 0.4) is 0 Å². The Balaban J connectivity index is 1.52. The summed E-state index contributed by atoms with van der Waals surface area (Å²) in [5.41, 5.74) is 3.60. The average molecular weight is 401 g/mol. The molecule has 1 saturated heterocycles. The van der Waals surface area contributed by atoms with Gasteiger partial charge < -0.3 is 4.90 Å². The van der Waals surface area contributed by atoms with Gasteiger partial charge in [-0.05, 0) is 62.3 Å². The highest BCUT2D eigenvalue weighted by Crippen LogP contribution is 2.24. The number of nitrogens with zero attached hydrogens (tertiary/aromatic N) is 1. The lowest BCUT2D eigenvalue weighted by atomic mass is 9.90. The van der Waals surface area contributed by atoms with Gasteiger partial charge in [-0.3, -0.25) is 9.52 Å². The van der Waals surface area contributed by atoms with Gasteiger partial charge in [-0.15, -0.1) is 0 Å². The third-order valence-corrected chi connectivity index (χ3v) is 5.88. The van der Waals surface area contributed by atoms with Gasteiger partial charge in [0.15, 0.2) is 0 Å². The number of carbonyl (C=O) groups is 1. The summed E-state index contributed by atoms with van der Waals surface area (Å²) in [4.78, 5) is 14.7. The summed E-state index contributed by atoms with van der Waals surface area (Å²) in [6.45, 7) is 3.60. The van der Waals surface area contributed by atoms with Crippen molar-refractivity contribution in [3.8, 4) is 0 Å². The van der Waals surface area contributed by atoms with Gasteiger partial charge in [0.25, 0.3) is 5.91 Å². The molecule has 0 saturated carbocycles. The SMILES string of the molecule is Cc1ccc(CCC2CCN(C(=O)c3cccc(NS(C)(=O)=O)c3)CC2)cc1. The van der Waals surface area contributed by atoms with Crippen LogP contribution in [0.4, 0.5) is 5.69 Å². The third-order valence-electron chi connectivity index (χ3n) is 5.28. The molecule has 0 aromatic heterocycles. The molecule has 1 fully saturated rings. The Bertz CT molecular complexity index is 915. The van der Waals surface area contributed by atoms with Crippen LogP contribution in [0.2, 0.25) is 0 Å². The summed E-state index contributed by atoms with van der Waals surface area (Å²) >= 11 is 0. The van der Waals surface area contributed by atoms with Crippen molar-refractivity contribution in [2.45, 2.75) is 32.6 Å². The minimum Gasteiger partial charge on any atom is -0.339 e. The number of amides is 1. The van der Waals surface area contributed by atoms with E-state index in [1.54, 1.807) is 24.3 Å². The number of carbonyl (C=O) groups excluding carboxylic acids is 1. The van der Waals surface area contributed by atoms with Crippen molar-refractivity contribution in [3.63, 3.8) is 0 Å². The molecular formula is C22H28N2O3S. The number of likely N-dealkylation sites (tertiary alicyclic amines) is 1. The molecule has 0 atom stereocenters. The van der Waals surface area contributed by atoms with E-state index in [1.807, 2.05) is 4.90 Å². The van der Waals surface area contributed by atoms with Crippen LogP contribution in [0.15, 0.2) is 48.5 Å². The van der Waals surface area contributed by atoms with Crippen molar-refractivity contribution in [2.75, 3.05) is 24.1 Å². The summed E-state index contributed by atoms with van der Waals surface area (Å²) in [5, 5.41) is 0. The van der Waals surface area contributed by atoms with E-state index >= 15 is 0 Å². The molecule has 2 aromatic carbocycles. The van der Waals surface area contributed by atoms with Gasteiger partial charge in [0.05, 0.1) is 6.26 Å². The van der Waals surface area contributed by atoms with Crippen LogP contribution < -0.4 is 4.72 Å². The second-order valence-corrected chi connectivity index (χ2v) is 9.46. The minimum atomic E-state index is -3.36. The Hall–Kier alpha value is -2.34. The van der Waals surface area contributed by atoms with Crippen LogP contribution in [0, 0.1) is 12.8 Å². The number of nitrogens with one attached hydrogen (secondary N) is 1. The molecule has 6 heteroatoms. The van der Waals surface area contributed by atoms with E-state index in [1.165, 1.54) is 11.1 Å². The van der Waals surface area contributed by atoms with E-state index in [0.29, 0.717) is 17.2 Å². The van der Waals surface area contributed by atoms with Crippen LogP contribution >= 0.6 is 0 Å². The molecular weight excluding hydrogens is 372 g/mol. The van der Waals surface area contributed by atoms with Crippen molar-refractivity contribution in [1.82, 2.24) is 4.90 Å². The maximum Gasteiger partial charge on any atom is 0.253 e. The molecule has 2 aromatic rings. The summed E-state index contributed by atoms with van der Waals surface area (Å²) in [7, 11) is -3.36. The molecule has 28 heavy (non-hydrogen) atoms. The molecule has 3 rings (SSSR count). The Labute approximate surface area is 167 Å². The molecule has 1 aliphatic heterocycles. The number of hydrogen-bond acceptors (Lipinski definition) is 3. The highest BCUT2D eigenvalue weighted by molar-refractivity contribution is 7.92. The van der Waals surface area contributed by atoms with E-state index < -0.39 is 10.0 Å². The van der Waals surface area contributed by atoms with Gasteiger partial charge in [0.1, 0.15) is 0 Å². The van der Waals surface area contributed by atoms with E-state index in [0.717, 1.165) is 45.0 Å². The van der Waals surface area contributed by atoms with Crippen LogP contribution in [-0.4, -0.2) is 38.6 Å². The highest BCUT2D eigenvalue weighted by Gasteiger charge is 2.23. The van der Waals surface area contributed by atoms with Crippen molar-refractivity contribution in [2.24, 2.45) is 5.92 Å². The molecule has 150 valence electrons. The normalized spacial score (nSPS) is 15.4. The van der Waals surface area contributed by atoms with Crippen LogP contribution in [-0.2, 0) is 16.4 Å². The number of piperidine rings is 1. The quantitative estimate of drug-likeness (QED) is 0.801. The number of rotatable bonds is 6. The monoisotopic (exact) mass is 400 g/mol. The van der Waals surface area contributed by atoms with E-state index in [9.17, 15) is 13.2 Å². The van der Waals surface area contributed by atoms with E-state index in [4.69, 9.17) is 0 Å². The predicted molar refractivity (Wildman–Crippen MR) is 113 cm³/mol. The van der Waals surface area contributed by atoms with Gasteiger partial charge in [-0.25, -0.2) is 8.42 Å². The first-order chi connectivity index (χ1) is 13.3. The second-order valence-electron chi connectivity index (χ2n) is 7.71. The van der Waals surface area contributed by atoms with Gasteiger partial charge in [0, 0.05) is 24.3 Å². The molecule has 1 heterocycles. The lowest BCUT2D eigenvalue weighted by Crippen LogP contribution is -2.38. The maximum absolute atomic E-state index is 12.8. The Morgan fingerprint density at radius 2 is 1.79 bits per heavy atom. The Kier molecular flexibility index (Phi) is 6.39. The number of hydrogen-bond donors (Lipinski definition) is 1. The topological polar surface area (TPSA) is 66.5 Å². The third kappa shape index (κ3) is 5.83. The van der Waals surface area contributed by atoms with Gasteiger partial charge in [-0.2, -0.15) is 0 Å². The summed E-state index contributed by atoms with van der Waals surface area (Å²) in [5.74, 6) is 0.609. The lowest BCUT2D eigenvalue weighted by Gasteiger charge is -2.32. The van der Waals surface area contributed by atoms with Crippen molar-refractivity contribution >= 4 is 21.6 Å². The molecule has 1 amide bonds. The van der Waals surface area contributed by atoms with E-state index in [-0.39, 0.29) is 5.91 Å². The highest BCUT2D eigenvalue weighted by atomic mass is 32.2. The number of aryl methyl sites for hydroxylation is 2. The molecule has 0 bridgehead atoms. The largest absolute Gasteiger partial charge is 0.339 e. The fourth-order valence-electron chi connectivity index (χ4n) is 3.66. The molecule has 5 nitrogen and oxygen atoms in total. The molecule has 1 aliphatic rings. The molecule has 0 spiro atoms. The number of sulfonamides is 1.